The van der Waals surface area contributed by atoms with E-state index in [1.165, 1.54) is 3.58 Å². The Hall–Kier alpha value is -1.01. The van der Waals surface area contributed by atoms with Crippen LogP contribution in [0.4, 0.5) is 0 Å². The third-order valence-corrected chi connectivity index (χ3v) is 9.47. The molecule has 1 unspecified atom stereocenters. The number of nitrogens with zero attached hydrogens (tertiary/aromatic N) is 2. The van der Waals surface area contributed by atoms with Gasteiger partial charge in [-0.2, -0.15) is 0 Å². The average Bonchev–Trinajstić information content (AvgIpc) is 2.86. The Kier molecular flexibility index (Phi) is 5.32. The van der Waals surface area contributed by atoms with Gasteiger partial charge in [0, 0.05) is 0 Å². The van der Waals surface area contributed by atoms with E-state index in [1.807, 2.05) is 19.2 Å². The number of hydrogen-bond acceptors (Lipinski definition) is 4. The molecule has 0 spiro atoms. The van der Waals surface area contributed by atoms with Gasteiger partial charge in [0.15, 0.2) is 0 Å². The topological polar surface area (TPSA) is 50.8 Å². The van der Waals surface area contributed by atoms with Crippen LogP contribution in [0.3, 0.4) is 0 Å². The van der Waals surface area contributed by atoms with Crippen molar-refractivity contribution in [1.29, 1.82) is 0 Å². The first-order valence-electron chi connectivity index (χ1n) is 7.38. The first-order chi connectivity index (χ1) is 9.90. The van der Waals surface area contributed by atoms with Gasteiger partial charge in [0.2, 0.25) is 0 Å². The van der Waals surface area contributed by atoms with Crippen molar-refractivity contribution in [3.8, 4) is 0 Å². The molecule has 0 bridgehead atoms. The molecule has 5 heteroatoms. The first kappa shape index (κ1) is 16.4. The summed E-state index contributed by atoms with van der Waals surface area (Å²) in [6, 6.07) is 8.87. The van der Waals surface area contributed by atoms with Crippen LogP contribution in [-0.4, -0.2) is 41.7 Å². The van der Waals surface area contributed by atoms with Crippen LogP contribution in [0, 0.1) is 0 Å². The molecular weight excluding hydrogens is 369 g/mol. The van der Waals surface area contributed by atoms with Crippen molar-refractivity contribution >= 4 is 27.7 Å². The van der Waals surface area contributed by atoms with Crippen LogP contribution in [-0.2, 0) is 4.84 Å². The van der Waals surface area contributed by atoms with Crippen molar-refractivity contribution in [2.24, 2.45) is 11.0 Å². The van der Waals surface area contributed by atoms with Gasteiger partial charge in [0.25, 0.3) is 0 Å². The second-order valence-electron chi connectivity index (χ2n) is 6.48. The van der Waals surface area contributed by atoms with E-state index in [0.29, 0.717) is 6.54 Å². The Balaban J connectivity index is 1.98. The fourth-order valence-electron chi connectivity index (χ4n) is 2.35. The van der Waals surface area contributed by atoms with Crippen molar-refractivity contribution in [2.45, 2.75) is 34.3 Å². The number of benzene rings is 1. The second kappa shape index (κ2) is 6.83. The molecule has 2 N–H and O–H groups in total. The van der Waals surface area contributed by atoms with E-state index in [0.717, 1.165) is 17.7 Å². The fourth-order valence-corrected chi connectivity index (χ4v) is 5.68. The molecule has 0 fully saturated rings. The molecule has 0 aliphatic carbocycles. The van der Waals surface area contributed by atoms with Gasteiger partial charge in [-0.25, -0.2) is 0 Å². The Bertz CT molecular complexity index is 531. The zero-order valence-electron chi connectivity index (χ0n) is 13.3. The van der Waals surface area contributed by atoms with E-state index in [9.17, 15) is 0 Å². The molecule has 1 aromatic rings. The molecule has 114 valence electrons. The molecule has 1 atom stereocenters. The van der Waals surface area contributed by atoms with Crippen LogP contribution in [0.1, 0.15) is 18.9 Å². The van der Waals surface area contributed by atoms with Crippen molar-refractivity contribution in [3.05, 3.63) is 42.1 Å². The van der Waals surface area contributed by atoms with E-state index in [4.69, 9.17) is 10.7 Å². The standard InChI is InChI=1S/C13H16N3O.3CH3.Sn/c1-2-8-16(14)10-12-9-13(15-17-12)11-6-4-3-5-7-11;;;;/h2,4-8,12H,9-10,14H2,1H3;3*1H3;/b8-2+;;;;. The van der Waals surface area contributed by atoms with E-state index in [-0.39, 0.29) is 6.10 Å². The Morgan fingerprint density at radius 3 is 2.57 bits per heavy atom. The molecule has 0 amide bonds. The van der Waals surface area contributed by atoms with Gasteiger partial charge in [0.1, 0.15) is 0 Å². The summed E-state index contributed by atoms with van der Waals surface area (Å²) < 4.78 is 1.53. The summed E-state index contributed by atoms with van der Waals surface area (Å²) in [6.07, 6.45) is 4.59. The Labute approximate surface area is 131 Å². The summed E-state index contributed by atoms with van der Waals surface area (Å²) in [4.78, 5) is 12.8. The summed E-state index contributed by atoms with van der Waals surface area (Å²) in [6.45, 7) is 2.59. The molecule has 1 aliphatic rings. The number of allylic oxidation sites excluding steroid dienone is 1. The van der Waals surface area contributed by atoms with Crippen molar-refractivity contribution in [2.75, 3.05) is 6.54 Å². The van der Waals surface area contributed by atoms with Crippen LogP contribution in [0.5, 0.6) is 0 Å². The Morgan fingerprint density at radius 1 is 1.33 bits per heavy atom. The van der Waals surface area contributed by atoms with Gasteiger partial charge in [0.05, 0.1) is 0 Å². The van der Waals surface area contributed by atoms with Gasteiger partial charge in [-0.05, 0) is 0 Å². The molecule has 0 saturated carbocycles. The molecule has 1 heterocycles. The normalized spacial score (nSPS) is 18.7. The molecule has 2 rings (SSSR count). The fraction of sp³-hybridized carbons (Fsp3) is 0.438. The quantitative estimate of drug-likeness (QED) is 0.474. The molecule has 0 aromatic heterocycles. The van der Waals surface area contributed by atoms with Gasteiger partial charge in [-0.15, -0.1) is 0 Å². The first-order valence-corrected chi connectivity index (χ1v) is 17.4. The second-order valence-corrected chi connectivity index (χ2v) is 21.0. The number of nitrogens with two attached hydrogens (primary N) is 1. The third kappa shape index (κ3) is 4.48. The van der Waals surface area contributed by atoms with Crippen molar-refractivity contribution < 1.29 is 4.84 Å². The molecule has 21 heavy (non-hydrogen) atoms. The van der Waals surface area contributed by atoms with E-state index in [2.05, 4.69) is 44.2 Å². The van der Waals surface area contributed by atoms with E-state index in [1.54, 1.807) is 5.01 Å². The molecule has 4 nitrogen and oxygen atoms in total. The maximum atomic E-state index is 5.84. The van der Waals surface area contributed by atoms with Crippen LogP contribution >= 0.6 is 0 Å². The minimum absolute atomic E-state index is 0.0302. The maximum absolute atomic E-state index is 5.84. The summed E-state index contributed by atoms with van der Waals surface area (Å²) in [5.41, 5.74) is 2.18. The monoisotopic (exact) mass is 395 g/mol. The van der Waals surface area contributed by atoms with Crippen LogP contribution in [0.25, 0.3) is 0 Å². The molecule has 1 aromatic carbocycles. The predicted molar refractivity (Wildman–Crippen MR) is 91.2 cm³/mol. The average molecular weight is 394 g/mol. The van der Waals surface area contributed by atoms with E-state index < -0.39 is 18.4 Å². The van der Waals surface area contributed by atoms with Gasteiger partial charge >= 0.3 is 131 Å². The summed E-state index contributed by atoms with van der Waals surface area (Å²) in [7, 11) is 0. The van der Waals surface area contributed by atoms with Crippen molar-refractivity contribution in [1.82, 2.24) is 5.01 Å². The van der Waals surface area contributed by atoms with Gasteiger partial charge < -0.3 is 0 Å². The molecule has 0 radical (unpaired) electrons. The van der Waals surface area contributed by atoms with E-state index >= 15 is 0 Å². The molecule has 1 aliphatic heterocycles. The molecular formula is C16H25N3OSn. The van der Waals surface area contributed by atoms with Crippen LogP contribution in [0.2, 0.25) is 14.8 Å². The third-order valence-electron chi connectivity index (χ3n) is 3.57. The zero-order valence-corrected chi connectivity index (χ0v) is 16.2. The number of rotatable bonds is 5. The Morgan fingerprint density at radius 2 is 2.00 bits per heavy atom. The van der Waals surface area contributed by atoms with Crippen LogP contribution < -0.4 is 9.42 Å². The summed E-state index contributed by atoms with van der Waals surface area (Å²) in [5, 5.41) is 5.86. The molecule has 0 saturated heterocycles. The zero-order chi connectivity index (χ0) is 15.5. The predicted octanol–water partition coefficient (Wildman–Crippen LogP) is 2.43. The van der Waals surface area contributed by atoms with Crippen molar-refractivity contribution in [3.63, 3.8) is 0 Å². The van der Waals surface area contributed by atoms with Crippen LogP contribution in [0.15, 0.2) is 41.7 Å². The SMILES string of the molecule is C/C=C/N(N)CC1CC(c2cc[c]([Sn]([CH3])([CH3])[CH3])cc2)=NO1. The minimum atomic E-state index is -1.96. The number of hydrazine groups is 1. The summed E-state index contributed by atoms with van der Waals surface area (Å²) in [5.74, 6) is 5.84. The number of oxime groups is 1. The number of hydrogen-bond donors (Lipinski definition) is 1. The summed E-state index contributed by atoms with van der Waals surface area (Å²) >= 11 is -1.96. The van der Waals surface area contributed by atoms with Gasteiger partial charge in [-0.3, -0.25) is 0 Å². The van der Waals surface area contributed by atoms with Gasteiger partial charge in [-0.1, -0.05) is 0 Å².